The van der Waals surface area contributed by atoms with Crippen molar-refractivity contribution in [1.29, 1.82) is 0 Å². The first-order valence-electron chi connectivity index (χ1n) is 11.4. The van der Waals surface area contributed by atoms with Crippen LogP contribution in [0.25, 0.3) is 21.5 Å². The number of thiol groups is 1. The molecule has 0 bridgehead atoms. The monoisotopic (exact) mass is 489 g/mol. The fraction of sp³-hybridized carbons (Fsp3) is 0.214. The Kier molecular flexibility index (Phi) is 7.77. The molecule has 0 unspecified atom stereocenters. The number of benzene rings is 4. The van der Waals surface area contributed by atoms with Crippen LogP contribution < -0.4 is 5.32 Å². The molecular formula is C28H27NO5S. The van der Waals surface area contributed by atoms with Crippen molar-refractivity contribution in [3.8, 4) is 5.75 Å². The molecule has 4 aromatic carbocycles. The second-order valence-electron chi connectivity index (χ2n) is 8.34. The average molecular weight is 490 g/mol. The first kappa shape index (κ1) is 24.4. The van der Waals surface area contributed by atoms with Crippen molar-refractivity contribution in [3.05, 3.63) is 84.4 Å². The summed E-state index contributed by atoms with van der Waals surface area (Å²) in [4.78, 5) is 24.6. The number of nitrogens with one attached hydrogen (secondary N) is 1. The number of ether oxygens (including phenoxy) is 2. The number of phenolic OH excluding ortho intramolecular Hbond substituents is 1. The number of carbonyl (C=O) groups excluding carboxylic acids is 2. The van der Waals surface area contributed by atoms with Gasteiger partial charge in [-0.25, -0.2) is 4.79 Å². The van der Waals surface area contributed by atoms with Crippen molar-refractivity contribution in [2.45, 2.75) is 19.4 Å². The largest absolute Gasteiger partial charge is 0.507 e. The summed E-state index contributed by atoms with van der Waals surface area (Å²) in [6.45, 7) is 2.12. The van der Waals surface area contributed by atoms with Crippen LogP contribution in [-0.4, -0.2) is 29.5 Å². The molecule has 0 fully saturated rings. The number of fused-ring (bicyclic) bond motifs is 2. The highest BCUT2D eigenvalue weighted by Crippen LogP contribution is 2.37. The van der Waals surface area contributed by atoms with Gasteiger partial charge in [-0.3, -0.25) is 10.1 Å². The van der Waals surface area contributed by atoms with Crippen molar-refractivity contribution in [3.63, 3.8) is 0 Å². The van der Waals surface area contributed by atoms with Crippen LogP contribution in [-0.2, 0) is 14.3 Å². The van der Waals surface area contributed by atoms with Crippen molar-refractivity contribution in [1.82, 2.24) is 0 Å². The van der Waals surface area contributed by atoms with Gasteiger partial charge < -0.3 is 14.6 Å². The van der Waals surface area contributed by atoms with Crippen LogP contribution in [0.4, 0.5) is 10.5 Å². The maximum Gasteiger partial charge on any atom is 0.412 e. The lowest BCUT2D eigenvalue weighted by Gasteiger charge is -2.26. The summed E-state index contributed by atoms with van der Waals surface area (Å²) in [5.41, 5.74) is 1.41. The minimum atomic E-state index is -0.648. The Morgan fingerprint density at radius 3 is 2.37 bits per heavy atom. The molecule has 0 saturated carbocycles. The van der Waals surface area contributed by atoms with E-state index >= 15 is 0 Å². The van der Waals surface area contributed by atoms with Crippen molar-refractivity contribution < 1.29 is 24.2 Å². The SMILES string of the molecule is C[C@@H](CCOC(=O)CS)[C@@H](OC(=O)Nc1cccc2ccccc12)c1ccc(O)c2ccccc12. The number of rotatable bonds is 8. The number of anilines is 1. The maximum atomic E-state index is 13.1. The normalized spacial score (nSPS) is 12.7. The first-order chi connectivity index (χ1) is 17.0. The summed E-state index contributed by atoms with van der Waals surface area (Å²) in [6.07, 6.45) is -0.770. The van der Waals surface area contributed by atoms with Gasteiger partial charge in [0.25, 0.3) is 0 Å². The third-order valence-corrected chi connectivity index (χ3v) is 6.24. The smallest absolute Gasteiger partial charge is 0.412 e. The minimum absolute atomic E-state index is 0.00431. The third-order valence-electron chi connectivity index (χ3n) is 5.98. The number of hydrogen-bond acceptors (Lipinski definition) is 6. The Morgan fingerprint density at radius 2 is 1.60 bits per heavy atom. The standard InChI is InChI=1S/C28H27NO5S/c1-18(15-16-33-26(31)17-35)27(23-13-14-25(30)22-11-5-4-10-21(22)23)34-28(32)29-24-12-6-8-19-7-2-3-9-20(19)24/h2-14,18,27,30,35H,15-17H2,1H3,(H,29,32)/t18-,27+/m0/s1. The molecule has 2 atom stereocenters. The zero-order valence-electron chi connectivity index (χ0n) is 19.3. The van der Waals surface area contributed by atoms with E-state index in [1.807, 2.05) is 73.7 Å². The molecule has 6 nitrogen and oxygen atoms in total. The molecule has 35 heavy (non-hydrogen) atoms. The molecule has 180 valence electrons. The molecule has 0 heterocycles. The van der Waals surface area contributed by atoms with Crippen molar-refractivity contribution in [2.24, 2.45) is 5.92 Å². The summed E-state index contributed by atoms with van der Waals surface area (Å²) in [5.74, 6) is -0.431. The molecule has 0 spiro atoms. The second kappa shape index (κ2) is 11.1. The fourth-order valence-electron chi connectivity index (χ4n) is 4.19. The molecule has 1 amide bonds. The van der Waals surface area contributed by atoms with Crippen LogP contribution in [0.15, 0.2) is 78.9 Å². The van der Waals surface area contributed by atoms with E-state index < -0.39 is 18.2 Å². The van der Waals surface area contributed by atoms with Crippen LogP contribution >= 0.6 is 12.6 Å². The van der Waals surface area contributed by atoms with E-state index in [1.165, 1.54) is 0 Å². The maximum absolute atomic E-state index is 13.1. The predicted molar refractivity (Wildman–Crippen MR) is 141 cm³/mol. The molecule has 0 radical (unpaired) electrons. The lowest BCUT2D eigenvalue weighted by molar-refractivity contribution is -0.141. The van der Waals surface area contributed by atoms with Crippen LogP contribution in [0, 0.1) is 5.92 Å². The average Bonchev–Trinajstić information content (AvgIpc) is 2.88. The van der Waals surface area contributed by atoms with Gasteiger partial charge in [0.2, 0.25) is 0 Å². The van der Waals surface area contributed by atoms with Gasteiger partial charge in [-0.2, -0.15) is 12.6 Å². The van der Waals surface area contributed by atoms with Gasteiger partial charge in [0.1, 0.15) is 11.9 Å². The van der Waals surface area contributed by atoms with E-state index in [2.05, 4.69) is 17.9 Å². The van der Waals surface area contributed by atoms with E-state index in [9.17, 15) is 14.7 Å². The van der Waals surface area contributed by atoms with E-state index in [0.717, 1.165) is 21.7 Å². The minimum Gasteiger partial charge on any atom is -0.507 e. The Morgan fingerprint density at radius 1 is 0.914 bits per heavy atom. The molecule has 0 saturated heterocycles. The van der Waals surface area contributed by atoms with E-state index in [-0.39, 0.29) is 24.0 Å². The van der Waals surface area contributed by atoms with Gasteiger partial charge in [0.05, 0.1) is 18.0 Å². The quantitative estimate of drug-likeness (QED) is 0.195. The van der Waals surface area contributed by atoms with Gasteiger partial charge in [-0.1, -0.05) is 73.7 Å². The van der Waals surface area contributed by atoms with E-state index in [0.29, 0.717) is 17.5 Å². The Bertz CT molecular complexity index is 1350. The molecule has 4 rings (SSSR count). The molecule has 0 aliphatic heterocycles. The van der Waals surface area contributed by atoms with Gasteiger partial charge in [-0.15, -0.1) is 0 Å². The molecule has 0 aliphatic rings. The predicted octanol–water partition coefficient (Wildman–Crippen LogP) is 6.49. The van der Waals surface area contributed by atoms with Gasteiger partial charge in [0.15, 0.2) is 0 Å². The summed E-state index contributed by atoms with van der Waals surface area (Å²) < 4.78 is 11.2. The van der Waals surface area contributed by atoms with Crippen LogP contribution in [0.3, 0.4) is 0 Å². The number of carbonyl (C=O) groups is 2. The number of esters is 1. The molecule has 7 heteroatoms. The van der Waals surface area contributed by atoms with Crippen LogP contribution in [0.1, 0.15) is 25.0 Å². The lowest BCUT2D eigenvalue weighted by atomic mass is 9.90. The molecule has 0 aromatic heterocycles. The Balaban J connectivity index is 1.62. The molecule has 4 aromatic rings. The number of phenols is 1. The fourth-order valence-corrected chi connectivity index (χ4v) is 4.28. The number of amides is 1. The summed E-state index contributed by atoms with van der Waals surface area (Å²) in [6, 6.07) is 24.2. The summed E-state index contributed by atoms with van der Waals surface area (Å²) >= 11 is 3.93. The number of hydrogen-bond donors (Lipinski definition) is 3. The zero-order valence-corrected chi connectivity index (χ0v) is 20.2. The van der Waals surface area contributed by atoms with Gasteiger partial charge in [-0.05, 0) is 29.3 Å². The second-order valence-corrected chi connectivity index (χ2v) is 8.66. The zero-order chi connectivity index (χ0) is 24.8. The highest BCUT2D eigenvalue weighted by molar-refractivity contribution is 7.81. The van der Waals surface area contributed by atoms with Crippen molar-refractivity contribution in [2.75, 3.05) is 17.7 Å². The van der Waals surface area contributed by atoms with E-state index in [4.69, 9.17) is 9.47 Å². The molecular weight excluding hydrogens is 462 g/mol. The Labute approximate surface area is 209 Å². The van der Waals surface area contributed by atoms with Crippen LogP contribution in [0.2, 0.25) is 0 Å². The highest BCUT2D eigenvalue weighted by Gasteiger charge is 2.26. The van der Waals surface area contributed by atoms with Gasteiger partial charge in [0, 0.05) is 22.3 Å². The first-order valence-corrected chi connectivity index (χ1v) is 12.0. The summed E-state index contributed by atoms with van der Waals surface area (Å²) in [5, 5.41) is 16.6. The topological polar surface area (TPSA) is 84.9 Å². The van der Waals surface area contributed by atoms with E-state index in [1.54, 1.807) is 12.1 Å². The highest BCUT2D eigenvalue weighted by atomic mass is 32.1. The number of aromatic hydroxyl groups is 1. The summed E-state index contributed by atoms with van der Waals surface area (Å²) in [7, 11) is 0. The van der Waals surface area contributed by atoms with Gasteiger partial charge >= 0.3 is 12.1 Å². The molecule has 0 aliphatic carbocycles. The van der Waals surface area contributed by atoms with Crippen molar-refractivity contribution >= 4 is 51.9 Å². The lowest BCUT2D eigenvalue weighted by Crippen LogP contribution is -2.23. The molecule has 2 N–H and O–H groups in total. The third kappa shape index (κ3) is 5.69. The Hall–Kier alpha value is -3.71. The van der Waals surface area contributed by atoms with Crippen LogP contribution in [0.5, 0.6) is 5.75 Å².